The highest BCUT2D eigenvalue weighted by atomic mass is 16.6. The van der Waals surface area contributed by atoms with Gasteiger partial charge in [-0.25, -0.2) is 9.98 Å². The molecule has 1 N–H and O–H groups in total. The lowest BCUT2D eigenvalue weighted by Gasteiger charge is -2.34. The number of nitrogens with zero attached hydrogens (tertiary/aromatic N) is 6. The number of nitro benzene ring substituents is 1. The molecule has 40 heavy (non-hydrogen) atoms. The van der Waals surface area contributed by atoms with Crippen molar-refractivity contribution in [2.45, 2.75) is 12.8 Å². The lowest BCUT2D eigenvalue weighted by Crippen LogP contribution is -2.44. The van der Waals surface area contributed by atoms with E-state index in [1.807, 2.05) is 12.1 Å². The number of carbonyl (C=O) groups excluding carboxylic acids is 1. The van der Waals surface area contributed by atoms with Gasteiger partial charge in [-0.15, -0.1) is 0 Å². The van der Waals surface area contributed by atoms with Crippen molar-refractivity contribution in [3.05, 3.63) is 82.3 Å². The highest BCUT2D eigenvalue weighted by molar-refractivity contribution is 6.06. The van der Waals surface area contributed by atoms with Crippen LogP contribution in [0.5, 0.6) is 17.4 Å². The van der Waals surface area contributed by atoms with Crippen molar-refractivity contribution in [1.29, 1.82) is 0 Å². The van der Waals surface area contributed by atoms with Gasteiger partial charge in [-0.2, -0.15) is 4.98 Å². The van der Waals surface area contributed by atoms with Gasteiger partial charge in [0.25, 0.3) is 5.69 Å². The number of ether oxygens (including phenoxy) is 2. The molecular formula is C28H29N7O5. The Morgan fingerprint density at radius 3 is 2.70 bits per heavy atom. The Labute approximate surface area is 231 Å². The van der Waals surface area contributed by atoms with Crippen LogP contribution in [0.4, 0.5) is 17.1 Å². The summed E-state index contributed by atoms with van der Waals surface area (Å²) < 4.78 is 11.7. The third kappa shape index (κ3) is 5.91. The number of amidine groups is 1. The number of piperazine rings is 1. The molecule has 2 aliphatic heterocycles. The maximum absolute atomic E-state index is 11.9. The van der Waals surface area contributed by atoms with Gasteiger partial charge in [0.1, 0.15) is 28.8 Å². The van der Waals surface area contributed by atoms with E-state index >= 15 is 0 Å². The number of nitrogens with one attached hydrogen (secondary N) is 1. The average Bonchev–Trinajstić information content (AvgIpc) is 3.36. The summed E-state index contributed by atoms with van der Waals surface area (Å²) in [5.74, 6) is 1.52. The normalized spacial score (nSPS) is 14.8. The highest BCUT2D eigenvalue weighted by Crippen LogP contribution is 2.38. The van der Waals surface area contributed by atoms with E-state index in [2.05, 4.69) is 44.8 Å². The fourth-order valence-corrected chi connectivity index (χ4v) is 4.59. The molecule has 2 aliphatic rings. The first-order valence-electron chi connectivity index (χ1n) is 12.8. The van der Waals surface area contributed by atoms with Crippen molar-refractivity contribution < 1.29 is 19.2 Å². The minimum absolute atomic E-state index is 0.115. The molecule has 1 aromatic heterocycles. The van der Waals surface area contributed by atoms with Crippen LogP contribution in [0.2, 0.25) is 0 Å². The molecule has 1 fully saturated rings. The Balaban J connectivity index is 1.45. The van der Waals surface area contributed by atoms with E-state index in [0.717, 1.165) is 49.3 Å². The zero-order valence-corrected chi connectivity index (χ0v) is 22.3. The summed E-state index contributed by atoms with van der Waals surface area (Å²) >= 11 is 0. The number of aliphatic imine (C=N–C) groups is 1. The lowest BCUT2D eigenvalue weighted by atomic mass is 10.1. The number of carbonyl (C=O) groups is 1. The summed E-state index contributed by atoms with van der Waals surface area (Å²) in [6.45, 7) is 7.35. The number of amides is 1. The Kier molecular flexibility index (Phi) is 7.69. The quantitative estimate of drug-likeness (QED) is 0.258. The number of hydrogen-bond acceptors (Lipinski definition) is 10. The first-order chi connectivity index (χ1) is 19.3. The Hall–Kier alpha value is -4.84. The number of anilines is 1. The fraction of sp³-hybridized carbons (Fsp3) is 0.286. The van der Waals surface area contributed by atoms with Crippen molar-refractivity contribution >= 4 is 28.8 Å². The van der Waals surface area contributed by atoms with Crippen LogP contribution in [-0.4, -0.2) is 71.9 Å². The molecule has 0 spiro atoms. The smallest absolute Gasteiger partial charge is 0.273 e. The average molecular weight is 544 g/mol. The maximum Gasteiger partial charge on any atom is 0.273 e. The van der Waals surface area contributed by atoms with Crippen LogP contribution < -0.4 is 19.7 Å². The van der Waals surface area contributed by atoms with E-state index in [1.54, 1.807) is 13.2 Å². The van der Waals surface area contributed by atoms with E-state index in [1.165, 1.54) is 18.2 Å². The standard InChI is InChI=1S/C28H29N7O5/c1-4-26(36)30-25-17-22-27(31-25)28(40-21-7-5-6-20(15-21)35(37)38)32-24(29-22)14-18-8-9-19(16-23(18)39-3)34-12-10-33(2)11-13-34/h4-9,15-16H,1,10-14,17H2,2-3H3,(H,30,31,36). The SMILES string of the molecule is C=CC(=O)NC1=Nc2c(nc(Cc3ccc(N4CCN(C)CC4)cc3OC)nc2Oc2cccc([N+](=O)[O-])c2)C1. The molecule has 5 rings (SSSR count). The molecule has 2 aromatic carbocycles. The molecule has 0 bridgehead atoms. The molecule has 0 unspecified atom stereocenters. The molecule has 0 atom stereocenters. The van der Waals surface area contributed by atoms with E-state index < -0.39 is 10.8 Å². The van der Waals surface area contributed by atoms with E-state index in [-0.39, 0.29) is 23.7 Å². The molecule has 0 radical (unpaired) electrons. The zero-order chi connectivity index (χ0) is 28.2. The topological polar surface area (TPSA) is 135 Å². The second-order valence-corrected chi connectivity index (χ2v) is 9.49. The number of nitro groups is 1. The monoisotopic (exact) mass is 543 g/mol. The number of aromatic nitrogens is 2. The number of hydrogen-bond donors (Lipinski definition) is 1. The number of non-ortho nitro benzene ring substituents is 1. The molecule has 3 heterocycles. The minimum Gasteiger partial charge on any atom is -0.496 e. The van der Waals surface area contributed by atoms with Crippen molar-refractivity contribution in [3.63, 3.8) is 0 Å². The van der Waals surface area contributed by atoms with Crippen LogP contribution in [0.3, 0.4) is 0 Å². The van der Waals surface area contributed by atoms with E-state index in [9.17, 15) is 14.9 Å². The van der Waals surface area contributed by atoms with Crippen LogP contribution in [0.1, 0.15) is 17.1 Å². The molecule has 1 amide bonds. The van der Waals surface area contributed by atoms with Crippen LogP contribution in [0.25, 0.3) is 0 Å². The Morgan fingerprint density at radius 2 is 1.98 bits per heavy atom. The van der Waals surface area contributed by atoms with Gasteiger partial charge in [-0.3, -0.25) is 14.9 Å². The predicted molar refractivity (Wildman–Crippen MR) is 150 cm³/mol. The van der Waals surface area contributed by atoms with Gasteiger partial charge in [0, 0.05) is 56.0 Å². The molecule has 12 nitrogen and oxygen atoms in total. The first-order valence-corrected chi connectivity index (χ1v) is 12.8. The van der Waals surface area contributed by atoms with Gasteiger partial charge in [0.15, 0.2) is 0 Å². The molecule has 1 saturated heterocycles. The summed E-state index contributed by atoms with van der Waals surface area (Å²) in [6.07, 6.45) is 1.76. The molecule has 206 valence electrons. The van der Waals surface area contributed by atoms with Crippen LogP contribution in [0, 0.1) is 10.1 Å². The van der Waals surface area contributed by atoms with Crippen molar-refractivity contribution in [1.82, 2.24) is 20.2 Å². The van der Waals surface area contributed by atoms with Crippen molar-refractivity contribution in [3.8, 4) is 17.4 Å². The second-order valence-electron chi connectivity index (χ2n) is 9.49. The summed E-state index contributed by atoms with van der Waals surface area (Å²) in [5.41, 5.74) is 2.79. The fourth-order valence-electron chi connectivity index (χ4n) is 4.59. The van der Waals surface area contributed by atoms with Gasteiger partial charge in [-0.05, 0) is 25.3 Å². The molecule has 0 aliphatic carbocycles. The summed E-state index contributed by atoms with van der Waals surface area (Å²) in [6, 6.07) is 11.9. The molecule has 0 saturated carbocycles. The molecule has 12 heteroatoms. The summed E-state index contributed by atoms with van der Waals surface area (Å²) in [5, 5.41) is 13.9. The van der Waals surface area contributed by atoms with Crippen LogP contribution in [0.15, 0.2) is 60.1 Å². The largest absolute Gasteiger partial charge is 0.496 e. The van der Waals surface area contributed by atoms with Gasteiger partial charge >= 0.3 is 0 Å². The lowest BCUT2D eigenvalue weighted by molar-refractivity contribution is -0.384. The number of benzene rings is 2. The number of fused-ring (bicyclic) bond motifs is 1. The van der Waals surface area contributed by atoms with E-state index in [0.29, 0.717) is 29.5 Å². The van der Waals surface area contributed by atoms with Crippen LogP contribution in [-0.2, 0) is 17.6 Å². The van der Waals surface area contributed by atoms with E-state index in [4.69, 9.17) is 14.5 Å². The van der Waals surface area contributed by atoms with Gasteiger partial charge in [0.2, 0.25) is 11.8 Å². The third-order valence-electron chi connectivity index (χ3n) is 6.74. The summed E-state index contributed by atoms with van der Waals surface area (Å²) in [4.78, 5) is 41.1. The van der Waals surface area contributed by atoms with Gasteiger partial charge in [0.05, 0.1) is 30.2 Å². The number of likely N-dealkylation sites (N-methyl/N-ethyl adjacent to an activating group) is 1. The Morgan fingerprint density at radius 1 is 1.18 bits per heavy atom. The number of methoxy groups -OCH3 is 1. The third-order valence-corrected chi connectivity index (χ3v) is 6.74. The summed E-state index contributed by atoms with van der Waals surface area (Å²) in [7, 11) is 3.76. The zero-order valence-electron chi connectivity index (χ0n) is 22.3. The second kappa shape index (κ2) is 11.5. The predicted octanol–water partition coefficient (Wildman–Crippen LogP) is 3.42. The number of rotatable bonds is 8. The van der Waals surface area contributed by atoms with Gasteiger partial charge in [-0.1, -0.05) is 18.7 Å². The van der Waals surface area contributed by atoms with Gasteiger partial charge < -0.3 is 24.6 Å². The van der Waals surface area contributed by atoms with Crippen LogP contribution >= 0.6 is 0 Å². The molecule has 3 aromatic rings. The van der Waals surface area contributed by atoms with Crippen molar-refractivity contribution in [2.24, 2.45) is 4.99 Å². The first kappa shape index (κ1) is 26.8. The maximum atomic E-state index is 11.9. The highest BCUT2D eigenvalue weighted by Gasteiger charge is 2.25. The van der Waals surface area contributed by atoms with Crippen molar-refractivity contribution in [2.75, 3.05) is 45.2 Å². The molecular weight excluding hydrogens is 514 g/mol. The minimum atomic E-state index is -0.498. The Bertz CT molecular complexity index is 1500.